The van der Waals surface area contributed by atoms with Crippen LogP contribution in [0.4, 0.5) is 5.69 Å². The maximum Gasteiger partial charge on any atom is 0.268 e. The number of carbonyl (C=O) groups excluding carboxylic acids is 1. The highest BCUT2D eigenvalue weighted by atomic mass is 35.5. The highest BCUT2D eigenvalue weighted by Crippen LogP contribution is 2.34. The third-order valence-electron chi connectivity index (χ3n) is 5.17. The molecule has 0 saturated carbocycles. The molecule has 0 unspecified atom stereocenters. The Balaban J connectivity index is 1.98. The van der Waals surface area contributed by atoms with Gasteiger partial charge in [-0.15, -0.1) is 0 Å². The summed E-state index contributed by atoms with van der Waals surface area (Å²) in [6.07, 6.45) is 0. The molecule has 0 atom stereocenters. The van der Waals surface area contributed by atoms with Gasteiger partial charge < -0.3 is 14.8 Å². The summed E-state index contributed by atoms with van der Waals surface area (Å²) in [5.74, 6) is 0.0961. The number of hydrogen-bond donors (Lipinski definition) is 1. The average Bonchev–Trinajstić information content (AvgIpc) is 2.81. The largest absolute Gasteiger partial charge is 0.495 e. The van der Waals surface area contributed by atoms with Crippen molar-refractivity contribution in [1.82, 2.24) is 5.32 Å². The Hall–Kier alpha value is -3.23. The van der Waals surface area contributed by atoms with Crippen molar-refractivity contribution in [3.05, 3.63) is 82.4 Å². The summed E-state index contributed by atoms with van der Waals surface area (Å²) >= 11 is 6.27. The molecule has 34 heavy (non-hydrogen) atoms. The van der Waals surface area contributed by atoms with Gasteiger partial charge in [-0.1, -0.05) is 47.5 Å². The number of nitrogens with zero attached hydrogens (tertiary/aromatic N) is 1. The molecule has 3 aromatic carbocycles. The molecule has 0 radical (unpaired) electrons. The van der Waals surface area contributed by atoms with Crippen molar-refractivity contribution >= 4 is 33.2 Å². The SMILES string of the molecule is COc1ccc(N(CC(=O)NCc2cccc(C)c2)S(=O)(=O)c2cc(C)ccc2OC)cc1Cl. The molecule has 1 amide bonds. The summed E-state index contributed by atoms with van der Waals surface area (Å²) in [4.78, 5) is 12.8. The fourth-order valence-electron chi connectivity index (χ4n) is 3.44. The molecule has 0 fully saturated rings. The fraction of sp³-hybridized carbons (Fsp3) is 0.240. The summed E-state index contributed by atoms with van der Waals surface area (Å²) in [5, 5.41) is 3.01. The molecular formula is C25H27ClN2O5S. The van der Waals surface area contributed by atoms with Crippen molar-refractivity contribution in [3.8, 4) is 11.5 Å². The molecule has 0 spiro atoms. The second kappa shape index (κ2) is 10.8. The minimum Gasteiger partial charge on any atom is -0.495 e. The van der Waals surface area contributed by atoms with Crippen molar-refractivity contribution < 1.29 is 22.7 Å². The summed E-state index contributed by atoms with van der Waals surface area (Å²) < 4.78 is 39.1. The van der Waals surface area contributed by atoms with E-state index in [1.807, 2.05) is 31.2 Å². The van der Waals surface area contributed by atoms with Crippen LogP contribution in [0.1, 0.15) is 16.7 Å². The number of anilines is 1. The number of methoxy groups -OCH3 is 2. The molecule has 0 aromatic heterocycles. The van der Waals surface area contributed by atoms with Crippen molar-refractivity contribution in [2.45, 2.75) is 25.3 Å². The van der Waals surface area contributed by atoms with Crippen LogP contribution < -0.4 is 19.1 Å². The maximum atomic E-state index is 13.8. The number of rotatable bonds is 9. The number of ether oxygens (including phenoxy) is 2. The number of sulfonamides is 1. The quantitative estimate of drug-likeness (QED) is 0.466. The molecule has 7 nitrogen and oxygen atoms in total. The average molecular weight is 503 g/mol. The van der Waals surface area contributed by atoms with Gasteiger partial charge >= 0.3 is 0 Å². The number of carbonyl (C=O) groups is 1. The monoisotopic (exact) mass is 502 g/mol. The predicted octanol–water partition coefficient (Wildman–Crippen LogP) is 4.49. The molecular weight excluding hydrogens is 476 g/mol. The Bertz CT molecular complexity index is 1290. The number of amides is 1. The van der Waals surface area contributed by atoms with E-state index in [2.05, 4.69) is 5.32 Å². The van der Waals surface area contributed by atoms with Crippen molar-refractivity contribution in [3.63, 3.8) is 0 Å². The lowest BCUT2D eigenvalue weighted by Gasteiger charge is -2.25. The topological polar surface area (TPSA) is 84.9 Å². The van der Waals surface area contributed by atoms with E-state index in [9.17, 15) is 13.2 Å². The zero-order valence-corrected chi connectivity index (χ0v) is 21.0. The first kappa shape index (κ1) is 25.4. The van der Waals surface area contributed by atoms with Crippen LogP contribution in [0.5, 0.6) is 11.5 Å². The van der Waals surface area contributed by atoms with Gasteiger partial charge in [0, 0.05) is 6.54 Å². The smallest absolute Gasteiger partial charge is 0.268 e. The zero-order chi connectivity index (χ0) is 24.9. The minimum atomic E-state index is -4.19. The number of halogens is 1. The minimum absolute atomic E-state index is 0.0478. The molecule has 3 aromatic rings. The van der Waals surface area contributed by atoms with Crippen LogP contribution in [0.25, 0.3) is 0 Å². The molecule has 0 heterocycles. The van der Waals surface area contributed by atoms with Gasteiger partial charge in [-0.2, -0.15) is 0 Å². The van der Waals surface area contributed by atoms with Crippen molar-refractivity contribution in [1.29, 1.82) is 0 Å². The van der Waals surface area contributed by atoms with Gasteiger partial charge in [0.1, 0.15) is 22.9 Å². The summed E-state index contributed by atoms with van der Waals surface area (Å²) in [6, 6.07) is 17.1. The van der Waals surface area contributed by atoms with Crippen LogP contribution >= 0.6 is 11.6 Å². The van der Waals surface area contributed by atoms with Gasteiger partial charge in [-0.25, -0.2) is 8.42 Å². The molecule has 0 aliphatic rings. The first-order chi connectivity index (χ1) is 16.1. The van der Waals surface area contributed by atoms with Crippen LogP contribution in [0.3, 0.4) is 0 Å². The van der Waals surface area contributed by atoms with Crippen LogP contribution in [-0.4, -0.2) is 35.1 Å². The first-order valence-electron chi connectivity index (χ1n) is 10.5. The zero-order valence-electron chi connectivity index (χ0n) is 19.5. The normalized spacial score (nSPS) is 11.1. The van der Waals surface area contributed by atoms with Gasteiger partial charge in [0.2, 0.25) is 5.91 Å². The lowest BCUT2D eigenvalue weighted by Crippen LogP contribution is -2.40. The number of hydrogen-bond acceptors (Lipinski definition) is 5. The Morgan fingerprint density at radius 3 is 2.26 bits per heavy atom. The van der Waals surface area contributed by atoms with Crippen LogP contribution in [-0.2, 0) is 21.4 Å². The standard InChI is InChI=1S/C25H27ClN2O5S/c1-17-6-5-7-19(12-17)15-27-25(29)16-28(20-9-11-22(32-3)21(26)14-20)34(30,31)24-13-18(2)8-10-23(24)33-4/h5-14H,15-16H2,1-4H3,(H,27,29). The predicted molar refractivity (Wildman–Crippen MR) is 133 cm³/mol. The highest BCUT2D eigenvalue weighted by Gasteiger charge is 2.30. The van der Waals surface area contributed by atoms with E-state index < -0.39 is 22.5 Å². The van der Waals surface area contributed by atoms with Crippen molar-refractivity contribution in [2.75, 3.05) is 25.1 Å². The van der Waals surface area contributed by atoms with Crippen LogP contribution in [0, 0.1) is 13.8 Å². The number of benzene rings is 3. The molecule has 0 aliphatic heterocycles. The summed E-state index contributed by atoms with van der Waals surface area (Å²) in [5.41, 5.74) is 2.93. The molecule has 0 aliphatic carbocycles. The van der Waals surface area contributed by atoms with Gasteiger partial charge in [-0.3, -0.25) is 9.10 Å². The van der Waals surface area contributed by atoms with E-state index in [0.717, 1.165) is 21.0 Å². The van der Waals surface area contributed by atoms with E-state index in [4.69, 9.17) is 21.1 Å². The molecule has 1 N–H and O–H groups in total. The Morgan fingerprint density at radius 1 is 0.941 bits per heavy atom. The first-order valence-corrected chi connectivity index (χ1v) is 12.3. The molecule has 180 valence electrons. The summed E-state index contributed by atoms with van der Waals surface area (Å²) in [6.45, 7) is 3.56. The van der Waals surface area contributed by atoms with Gasteiger partial charge in [0.15, 0.2) is 0 Å². The fourth-order valence-corrected chi connectivity index (χ4v) is 5.35. The van der Waals surface area contributed by atoms with Gasteiger partial charge in [0.25, 0.3) is 10.0 Å². The Kier molecular flexibility index (Phi) is 8.06. The third-order valence-corrected chi connectivity index (χ3v) is 7.26. The summed E-state index contributed by atoms with van der Waals surface area (Å²) in [7, 11) is -1.33. The molecule has 0 saturated heterocycles. The highest BCUT2D eigenvalue weighted by molar-refractivity contribution is 7.93. The number of nitrogens with one attached hydrogen (secondary N) is 1. The lowest BCUT2D eigenvalue weighted by molar-refractivity contribution is -0.119. The van der Waals surface area contributed by atoms with E-state index in [0.29, 0.717) is 5.75 Å². The lowest BCUT2D eigenvalue weighted by atomic mass is 10.1. The molecule has 3 rings (SSSR count). The van der Waals surface area contributed by atoms with Crippen LogP contribution in [0.15, 0.2) is 65.6 Å². The molecule has 0 bridgehead atoms. The number of aryl methyl sites for hydroxylation is 2. The maximum absolute atomic E-state index is 13.8. The van der Waals surface area contributed by atoms with E-state index in [1.54, 1.807) is 31.2 Å². The second-order valence-corrected chi connectivity index (χ2v) is 9.99. The second-order valence-electron chi connectivity index (χ2n) is 7.75. The van der Waals surface area contributed by atoms with E-state index in [-0.39, 0.29) is 27.9 Å². The van der Waals surface area contributed by atoms with E-state index in [1.165, 1.54) is 26.4 Å². The van der Waals surface area contributed by atoms with Crippen molar-refractivity contribution in [2.24, 2.45) is 0 Å². The third kappa shape index (κ3) is 5.81. The Morgan fingerprint density at radius 2 is 1.62 bits per heavy atom. The van der Waals surface area contributed by atoms with E-state index >= 15 is 0 Å². The Labute approximate surface area is 205 Å². The van der Waals surface area contributed by atoms with Gasteiger partial charge in [0.05, 0.1) is 24.9 Å². The van der Waals surface area contributed by atoms with Crippen LogP contribution in [0.2, 0.25) is 5.02 Å². The van der Waals surface area contributed by atoms with Gasteiger partial charge in [-0.05, 0) is 55.3 Å². The molecule has 9 heteroatoms.